The maximum atomic E-state index is 13.1. The van der Waals surface area contributed by atoms with Gasteiger partial charge < -0.3 is 10.3 Å². The number of sulfonamides is 1. The van der Waals surface area contributed by atoms with Crippen molar-refractivity contribution in [3.8, 4) is 0 Å². The molecule has 0 amide bonds. The Morgan fingerprint density at radius 2 is 2.10 bits per heavy atom. The van der Waals surface area contributed by atoms with Crippen molar-refractivity contribution in [1.29, 1.82) is 0 Å². The highest BCUT2D eigenvalue weighted by Gasteiger charge is 2.27. The fourth-order valence-electron chi connectivity index (χ4n) is 2.27. The molecule has 0 aliphatic heterocycles. The highest BCUT2D eigenvalue weighted by atomic mass is 32.2. The minimum atomic E-state index is -3.74. The van der Waals surface area contributed by atoms with E-state index >= 15 is 0 Å². The van der Waals surface area contributed by atoms with Crippen molar-refractivity contribution >= 4 is 15.7 Å². The maximum absolute atomic E-state index is 13.1. The lowest BCUT2D eigenvalue weighted by Crippen LogP contribution is -2.12. The average Bonchev–Trinajstić information content (AvgIpc) is 3.16. The highest BCUT2D eigenvalue weighted by Crippen LogP contribution is 2.37. The van der Waals surface area contributed by atoms with Gasteiger partial charge in [0.05, 0.1) is 5.69 Å². The summed E-state index contributed by atoms with van der Waals surface area (Å²) in [6, 6.07) is 7.27. The zero-order valence-corrected chi connectivity index (χ0v) is 12.1. The lowest BCUT2D eigenvalue weighted by atomic mass is 10.3. The van der Waals surface area contributed by atoms with Crippen molar-refractivity contribution in [2.45, 2.75) is 30.3 Å². The molecule has 5 nitrogen and oxygen atoms in total. The van der Waals surface area contributed by atoms with Gasteiger partial charge in [-0.25, -0.2) is 12.8 Å². The van der Waals surface area contributed by atoms with Gasteiger partial charge in [-0.15, -0.1) is 0 Å². The summed E-state index contributed by atoms with van der Waals surface area (Å²) in [6.45, 7) is 0.284. The zero-order valence-electron chi connectivity index (χ0n) is 11.3. The third kappa shape index (κ3) is 2.93. The highest BCUT2D eigenvalue weighted by molar-refractivity contribution is 7.92. The Labute approximate surface area is 122 Å². The number of nitrogens with two attached hydrogens (primary N) is 1. The number of rotatable bonds is 5. The first-order valence-corrected chi connectivity index (χ1v) is 8.17. The summed E-state index contributed by atoms with van der Waals surface area (Å²) in [4.78, 5) is 0.152. The fourth-order valence-corrected chi connectivity index (χ4v) is 3.36. The molecule has 1 aromatic carbocycles. The Kier molecular flexibility index (Phi) is 3.46. The molecule has 0 spiro atoms. The SMILES string of the molecule is NCc1cc(S(=O)(=O)Nc2cccc(F)c2)cn1C1CC1. The number of anilines is 1. The van der Waals surface area contributed by atoms with Gasteiger partial charge in [0.1, 0.15) is 10.7 Å². The predicted octanol–water partition coefficient (Wildman–Crippen LogP) is 2.22. The molecular weight excluding hydrogens is 293 g/mol. The quantitative estimate of drug-likeness (QED) is 0.889. The normalized spacial score (nSPS) is 15.1. The smallest absolute Gasteiger partial charge is 0.263 e. The van der Waals surface area contributed by atoms with Crippen LogP contribution >= 0.6 is 0 Å². The van der Waals surface area contributed by atoms with E-state index in [1.165, 1.54) is 18.2 Å². The van der Waals surface area contributed by atoms with Crippen molar-refractivity contribution in [3.05, 3.63) is 48.0 Å². The van der Waals surface area contributed by atoms with Crippen LogP contribution in [-0.2, 0) is 16.6 Å². The van der Waals surface area contributed by atoms with Crippen molar-refractivity contribution in [1.82, 2.24) is 4.57 Å². The van der Waals surface area contributed by atoms with Gasteiger partial charge in [-0.3, -0.25) is 4.72 Å². The first-order valence-electron chi connectivity index (χ1n) is 6.69. The van der Waals surface area contributed by atoms with Gasteiger partial charge in [0.25, 0.3) is 10.0 Å². The van der Waals surface area contributed by atoms with Crippen LogP contribution in [0.4, 0.5) is 10.1 Å². The Hall–Kier alpha value is -1.86. The van der Waals surface area contributed by atoms with E-state index in [4.69, 9.17) is 5.73 Å². The molecule has 0 atom stereocenters. The number of aromatic nitrogens is 1. The predicted molar refractivity (Wildman–Crippen MR) is 77.8 cm³/mol. The van der Waals surface area contributed by atoms with E-state index in [0.717, 1.165) is 24.6 Å². The molecule has 1 aromatic heterocycles. The summed E-state index contributed by atoms with van der Waals surface area (Å²) >= 11 is 0. The second-order valence-electron chi connectivity index (χ2n) is 5.13. The van der Waals surface area contributed by atoms with Crippen molar-refractivity contribution in [3.63, 3.8) is 0 Å². The van der Waals surface area contributed by atoms with E-state index in [9.17, 15) is 12.8 Å². The number of halogens is 1. The number of hydrogen-bond donors (Lipinski definition) is 2. The summed E-state index contributed by atoms with van der Waals surface area (Å²) < 4.78 is 42.1. The molecule has 1 aliphatic rings. The number of benzene rings is 1. The molecule has 3 N–H and O–H groups in total. The molecule has 0 bridgehead atoms. The number of nitrogens with one attached hydrogen (secondary N) is 1. The Balaban J connectivity index is 1.91. The van der Waals surface area contributed by atoms with Gasteiger partial charge in [-0.05, 0) is 37.1 Å². The second kappa shape index (κ2) is 5.16. The summed E-state index contributed by atoms with van der Waals surface area (Å²) in [5, 5.41) is 0. The summed E-state index contributed by atoms with van der Waals surface area (Å²) in [5.74, 6) is -0.492. The minimum absolute atomic E-state index is 0.152. The van der Waals surface area contributed by atoms with Crippen LogP contribution in [-0.4, -0.2) is 13.0 Å². The largest absolute Gasteiger partial charge is 0.346 e. The Bertz CT molecular complexity index is 766. The molecule has 1 aliphatic carbocycles. The third-order valence-electron chi connectivity index (χ3n) is 3.44. The van der Waals surface area contributed by atoms with Crippen molar-refractivity contribution in [2.24, 2.45) is 5.73 Å². The molecular formula is C14H16FN3O2S. The molecule has 0 unspecified atom stereocenters. The molecule has 0 radical (unpaired) electrons. The van der Waals surface area contributed by atoms with E-state index in [1.807, 2.05) is 4.57 Å². The molecule has 1 saturated carbocycles. The first-order chi connectivity index (χ1) is 9.99. The fraction of sp³-hybridized carbons (Fsp3) is 0.286. The lowest BCUT2D eigenvalue weighted by Gasteiger charge is -2.06. The monoisotopic (exact) mass is 309 g/mol. The summed E-state index contributed by atoms with van der Waals surface area (Å²) in [5.41, 5.74) is 6.65. The van der Waals surface area contributed by atoms with Crippen molar-refractivity contribution < 1.29 is 12.8 Å². The molecule has 0 saturated heterocycles. The first kappa shape index (κ1) is 14.1. The Morgan fingerprint density at radius 3 is 2.71 bits per heavy atom. The lowest BCUT2D eigenvalue weighted by molar-refractivity contribution is 0.600. The Morgan fingerprint density at radius 1 is 1.33 bits per heavy atom. The summed E-state index contributed by atoms with van der Waals surface area (Å²) in [6.07, 6.45) is 3.68. The van der Waals surface area contributed by atoms with Crippen LogP contribution in [0.5, 0.6) is 0 Å². The summed E-state index contributed by atoms with van der Waals surface area (Å²) in [7, 11) is -3.74. The third-order valence-corrected chi connectivity index (χ3v) is 4.79. The van der Waals surface area contributed by atoms with Crippen LogP contribution in [0.2, 0.25) is 0 Å². The van der Waals surface area contributed by atoms with Gasteiger partial charge in [-0.2, -0.15) is 0 Å². The number of hydrogen-bond acceptors (Lipinski definition) is 3. The van der Waals surface area contributed by atoms with E-state index in [-0.39, 0.29) is 17.1 Å². The minimum Gasteiger partial charge on any atom is -0.346 e. The molecule has 3 rings (SSSR count). The van der Waals surface area contributed by atoms with E-state index in [2.05, 4.69) is 4.72 Å². The maximum Gasteiger partial charge on any atom is 0.263 e. The van der Waals surface area contributed by atoms with Crippen LogP contribution in [0.3, 0.4) is 0 Å². The molecule has 112 valence electrons. The van der Waals surface area contributed by atoms with E-state index in [0.29, 0.717) is 6.04 Å². The van der Waals surface area contributed by atoms with Crippen LogP contribution < -0.4 is 10.5 Å². The van der Waals surface area contributed by atoms with Crippen LogP contribution in [0.15, 0.2) is 41.4 Å². The molecule has 7 heteroatoms. The molecule has 21 heavy (non-hydrogen) atoms. The standard InChI is InChI=1S/C14H16FN3O2S/c15-10-2-1-3-11(6-10)17-21(19,20)14-7-13(8-16)18(9-14)12-4-5-12/h1-3,6-7,9,12,17H,4-5,8,16H2. The van der Waals surface area contributed by atoms with Gasteiger partial charge in [-0.1, -0.05) is 6.07 Å². The number of nitrogens with zero attached hydrogens (tertiary/aromatic N) is 1. The van der Waals surface area contributed by atoms with E-state index < -0.39 is 15.8 Å². The zero-order chi connectivity index (χ0) is 15.0. The molecule has 1 fully saturated rings. The second-order valence-corrected chi connectivity index (χ2v) is 6.81. The van der Waals surface area contributed by atoms with Gasteiger partial charge in [0.2, 0.25) is 0 Å². The molecule has 1 heterocycles. The van der Waals surface area contributed by atoms with Gasteiger partial charge >= 0.3 is 0 Å². The van der Waals surface area contributed by atoms with Crippen LogP contribution in [0.1, 0.15) is 24.6 Å². The average molecular weight is 309 g/mol. The van der Waals surface area contributed by atoms with Crippen LogP contribution in [0.25, 0.3) is 0 Å². The van der Waals surface area contributed by atoms with Crippen molar-refractivity contribution in [2.75, 3.05) is 4.72 Å². The van der Waals surface area contributed by atoms with Gasteiger partial charge in [0, 0.05) is 24.5 Å². The topological polar surface area (TPSA) is 77.1 Å². The molecule has 2 aromatic rings. The van der Waals surface area contributed by atoms with Gasteiger partial charge in [0.15, 0.2) is 0 Å². The van der Waals surface area contributed by atoms with E-state index in [1.54, 1.807) is 12.3 Å². The van der Waals surface area contributed by atoms with Crippen LogP contribution in [0, 0.1) is 5.82 Å².